The molecule has 0 saturated carbocycles. The van der Waals surface area contributed by atoms with Gasteiger partial charge in [-0.2, -0.15) is 5.10 Å². The van der Waals surface area contributed by atoms with Crippen LogP contribution in [0.25, 0.3) is 0 Å². The van der Waals surface area contributed by atoms with E-state index in [1.54, 1.807) is 0 Å². The van der Waals surface area contributed by atoms with Gasteiger partial charge in [-0.05, 0) is 37.0 Å². The molecule has 0 radical (unpaired) electrons. The van der Waals surface area contributed by atoms with Gasteiger partial charge in [0.25, 0.3) is 0 Å². The number of aromatic nitrogens is 2. The molecule has 1 N–H and O–H groups in total. The Morgan fingerprint density at radius 1 is 1.26 bits per heavy atom. The van der Waals surface area contributed by atoms with Crippen molar-refractivity contribution in [1.29, 1.82) is 0 Å². The first kappa shape index (κ1) is 18.0. The number of benzene rings is 1. The normalized spacial score (nSPS) is 22.7. The van der Waals surface area contributed by atoms with Crippen molar-refractivity contribution in [3.8, 4) is 0 Å². The van der Waals surface area contributed by atoms with Crippen LogP contribution >= 0.6 is 0 Å². The predicted octanol–water partition coefficient (Wildman–Crippen LogP) is 2.51. The molecule has 1 atom stereocenters. The van der Waals surface area contributed by atoms with Gasteiger partial charge in [0, 0.05) is 44.0 Å². The van der Waals surface area contributed by atoms with Crippen molar-refractivity contribution < 1.29 is 4.74 Å². The van der Waals surface area contributed by atoms with Crippen LogP contribution in [0.1, 0.15) is 30.9 Å². The summed E-state index contributed by atoms with van der Waals surface area (Å²) in [6.45, 7) is 8.38. The SMILES string of the molecule is CCNC(=NCc1ccccc1Cn1cccn1)N1CCC2(CCOC2)C1. The van der Waals surface area contributed by atoms with Gasteiger partial charge in [-0.15, -0.1) is 0 Å². The highest BCUT2D eigenvalue weighted by molar-refractivity contribution is 5.80. The Morgan fingerprint density at radius 2 is 2.15 bits per heavy atom. The Morgan fingerprint density at radius 3 is 2.89 bits per heavy atom. The summed E-state index contributed by atoms with van der Waals surface area (Å²) in [5, 5.41) is 7.81. The van der Waals surface area contributed by atoms with E-state index in [0.717, 1.165) is 45.4 Å². The maximum absolute atomic E-state index is 5.67. The van der Waals surface area contributed by atoms with E-state index in [9.17, 15) is 0 Å². The van der Waals surface area contributed by atoms with Crippen molar-refractivity contribution in [2.45, 2.75) is 32.9 Å². The number of hydrogen-bond acceptors (Lipinski definition) is 3. The highest BCUT2D eigenvalue weighted by atomic mass is 16.5. The van der Waals surface area contributed by atoms with Crippen LogP contribution in [0.2, 0.25) is 0 Å². The number of nitrogens with zero attached hydrogens (tertiary/aromatic N) is 4. The van der Waals surface area contributed by atoms with Crippen LogP contribution in [-0.4, -0.2) is 53.5 Å². The quantitative estimate of drug-likeness (QED) is 0.652. The molecule has 4 rings (SSSR count). The molecule has 1 spiro atoms. The molecule has 2 aromatic rings. The summed E-state index contributed by atoms with van der Waals surface area (Å²) in [5.41, 5.74) is 2.86. The first-order valence-corrected chi connectivity index (χ1v) is 9.93. The Balaban J connectivity index is 1.48. The monoisotopic (exact) mass is 367 g/mol. The maximum atomic E-state index is 5.67. The number of hydrogen-bond donors (Lipinski definition) is 1. The number of guanidine groups is 1. The average Bonchev–Trinajstić information content (AvgIpc) is 3.44. The summed E-state index contributed by atoms with van der Waals surface area (Å²) in [4.78, 5) is 7.38. The average molecular weight is 367 g/mol. The Hall–Kier alpha value is -2.34. The minimum atomic E-state index is 0.341. The minimum absolute atomic E-state index is 0.341. The standard InChI is InChI=1S/C21H29N5O/c1-2-22-20(25-12-8-21(16-25)9-13-27-17-21)23-14-18-6-3-4-7-19(18)15-26-11-5-10-24-26/h3-7,10-11H,2,8-9,12-17H2,1H3,(H,22,23). The maximum Gasteiger partial charge on any atom is 0.194 e. The molecule has 1 aromatic heterocycles. The van der Waals surface area contributed by atoms with Crippen LogP contribution in [0.5, 0.6) is 0 Å². The Bertz CT molecular complexity index is 765. The zero-order valence-electron chi connectivity index (χ0n) is 16.1. The molecular formula is C21H29N5O. The van der Waals surface area contributed by atoms with Gasteiger partial charge in [-0.1, -0.05) is 24.3 Å². The van der Waals surface area contributed by atoms with Gasteiger partial charge in [-0.25, -0.2) is 4.99 Å². The molecule has 0 amide bonds. The lowest BCUT2D eigenvalue weighted by Crippen LogP contribution is -2.41. The third-order valence-electron chi connectivity index (χ3n) is 5.67. The van der Waals surface area contributed by atoms with E-state index in [1.165, 1.54) is 24.0 Å². The van der Waals surface area contributed by atoms with E-state index < -0.39 is 0 Å². The highest BCUT2D eigenvalue weighted by Crippen LogP contribution is 2.38. The second kappa shape index (κ2) is 8.13. The molecule has 1 unspecified atom stereocenters. The smallest absolute Gasteiger partial charge is 0.194 e. The summed E-state index contributed by atoms with van der Waals surface area (Å²) in [6.07, 6.45) is 6.19. The number of nitrogens with one attached hydrogen (secondary N) is 1. The third kappa shape index (κ3) is 4.16. The van der Waals surface area contributed by atoms with Crippen LogP contribution in [0, 0.1) is 5.41 Å². The second-order valence-electron chi connectivity index (χ2n) is 7.62. The van der Waals surface area contributed by atoms with Gasteiger partial charge in [0.05, 0.1) is 19.7 Å². The Labute approximate surface area is 161 Å². The zero-order valence-corrected chi connectivity index (χ0v) is 16.1. The van der Waals surface area contributed by atoms with E-state index >= 15 is 0 Å². The van der Waals surface area contributed by atoms with E-state index in [-0.39, 0.29) is 0 Å². The summed E-state index contributed by atoms with van der Waals surface area (Å²) < 4.78 is 7.63. The molecule has 6 heteroatoms. The minimum Gasteiger partial charge on any atom is -0.381 e. The highest BCUT2D eigenvalue weighted by Gasteiger charge is 2.42. The van der Waals surface area contributed by atoms with Gasteiger partial charge in [0.15, 0.2) is 5.96 Å². The van der Waals surface area contributed by atoms with Crippen LogP contribution in [-0.2, 0) is 17.8 Å². The number of ether oxygens (including phenoxy) is 1. The summed E-state index contributed by atoms with van der Waals surface area (Å²) in [6, 6.07) is 10.5. The fourth-order valence-electron chi connectivity index (χ4n) is 4.11. The van der Waals surface area contributed by atoms with E-state index in [0.29, 0.717) is 12.0 Å². The lowest BCUT2D eigenvalue weighted by molar-refractivity contribution is 0.156. The van der Waals surface area contributed by atoms with E-state index in [1.807, 2.05) is 23.1 Å². The first-order valence-electron chi connectivity index (χ1n) is 9.93. The molecule has 0 bridgehead atoms. The largest absolute Gasteiger partial charge is 0.381 e. The zero-order chi connectivity index (χ0) is 18.5. The molecule has 3 heterocycles. The fourth-order valence-corrected chi connectivity index (χ4v) is 4.11. The van der Waals surface area contributed by atoms with Gasteiger partial charge < -0.3 is 15.0 Å². The first-order chi connectivity index (χ1) is 13.3. The summed E-state index contributed by atoms with van der Waals surface area (Å²) in [7, 11) is 0. The topological polar surface area (TPSA) is 54.7 Å². The molecule has 2 fully saturated rings. The van der Waals surface area contributed by atoms with Gasteiger partial charge in [-0.3, -0.25) is 4.68 Å². The van der Waals surface area contributed by atoms with Gasteiger partial charge >= 0.3 is 0 Å². The summed E-state index contributed by atoms with van der Waals surface area (Å²) >= 11 is 0. The predicted molar refractivity (Wildman–Crippen MR) is 107 cm³/mol. The van der Waals surface area contributed by atoms with Crippen molar-refractivity contribution in [3.05, 3.63) is 53.9 Å². The molecule has 2 aliphatic heterocycles. The van der Waals surface area contributed by atoms with Crippen molar-refractivity contribution in [1.82, 2.24) is 20.0 Å². The fraction of sp³-hybridized carbons (Fsp3) is 0.524. The van der Waals surface area contributed by atoms with E-state index in [2.05, 4.69) is 46.5 Å². The van der Waals surface area contributed by atoms with Crippen LogP contribution in [0.3, 0.4) is 0 Å². The lowest BCUT2D eigenvalue weighted by Gasteiger charge is -2.25. The number of aliphatic imine (C=N–C) groups is 1. The van der Waals surface area contributed by atoms with Crippen LogP contribution in [0.4, 0.5) is 0 Å². The second-order valence-corrected chi connectivity index (χ2v) is 7.62. The molecule has 2 saturated heterocycles. The van der Waals surface area contributed by atoms with Crippen LogP contribution < -0.4 is 5.32 Å². The molecule has 0 aliphatic carbocycles. The molecule has 1 aromatic carbocycles. The molecule has 144 valence electrons. The van der Waals surface area contributed by atoms with Crippen LogP contribution in [0.15, 0.2) is 47.7 Å². The van der Waals surface area contributed by atoms with E-state index in [4.69, 9.17) is 9.73 Å². The van der Waals surface area contributed by atoms with Gasteiger partial charge in [0.2, 0.25) is 0 Å². The third-order valence-corrected chi connectivity index (χ3v) is 5.67. The van der Waals surface area contributed by atoms with Crippen molar-refractivity contribution >= 4 is 5.96 Å². The van der Waals surface area contributed by atoms with Crippen molar-refractivity contribution in [3.63, 3.8) is 0 Å². The summed E-state index contributed by atoms with van der Waals surface area (Å²) in [5.74, 6) is 1.02. The molecule has 2 aliphatic rings. The van der Waals surface area contributed by atoms with Crippen molar-refractivity contribution in [2.75, 3.05) is 32.8 Å². The molecular weight excluding hydrogens is 338 g/mol. The lowest BCUT2D eigenvalue weighted by atomic mass is 9.87. The van der Waals surface area contributed by atoms with Crippen molar-refractivity contribution in [2.24, 2.45) is 10.4 Å². The number of likely N-dealkylation sites (tertiary alicyclic amines) is 1. The number of rotatable bonds is 5. The Kier molecular flexibility index (Phi) is 5.43. The molecule has 27 heavy (non-hydrogen) atoms. The molecule has 6 nitrogen and oxygen atoms in total. The van der Waals surface area contributed by atoms with Gasteiger partial charge in [0.1, 0.15) is 0 Å².